The van der Waals surface area contributed by atoms with E-state index >= 15 is 0 Å². The second-order valence-corrected chi connectivity index (χ2v) is 6.01. The van der Waals surface area contributed by atoms with Crippen LogP contribution in [0, 0.1) is 13.8 Å². The number of anilines is 1. The van der Waals surface area contributed by atoms with Gasteiger partial charge in [-0.05, 0) is 61.7 Å². The molecule has 128 valence electrons. The minimum atomic E-state index is -0.576. The summed E-state index contributed by atoms with van der Waals surface area (Å²) in [6.07, 6.45) is -0.0178. The number of aryl methyl sites for hydroxylation is 2. The van der Waals surface area contributed by atoms with Crippen molar-refractivity contribution >= 4 is 23.2 Å². The molecule has 0 saturated heterocycles. The lowest BCUT2D eigenvalue weighted by Gasteiger charge is -2.18. The Bertz CT molecular complexity index is 731. The molecule has 2 rings (SSSR count). The zero-order valence-corrected chi connectivity index (χ0v) is 15.1. The van der Waals surface area contributed by atoms with E-state index in [2.05, 4.69) is 5.32 Å². The minimum Gasteiger partial charge on any atom is -0.495 e. The molecule has 0 aliphatic rings. The molecule has 0 spiro atoms. The van der Waals surface area contributed by atoms with Gasteiger partial charge in [0.1, 0.15) is 11.5 Å². The lowest BCUT2D eigenvalue weighted by Crippen LogP contribution is -2.32. The maximum atomic E-state index is 12.5. The Morgan fingerprint density at radius 2 is 1.92 bits per heavy atom. The molecule has 0 fully saturated rings. The van der Waals surface area contributed by atoms with Crippen LogP contribution in [0.1, 0.15) is 24.5 Å². The van der Waals surface area contributed by atoms with E-state index in [1.54, 1.807) is 25.3 Å². The highest BCUT2D eigenvalue weighted by Gasteiger charge is 2.19. The van der Waals surface area contributed by atoms with Gasteiger partial charge in [-0.25, -0.2) is 0 Å². The van der Waals surface area contributed by atoms with Crippen molar-refractivity contribution in [2.24, 2.45) is 0 Å². The standard InChI is InChI=1S/C19H22ClNO3/c1-5-17(24-15-8-6-12(2)13(3)10-15)19(22)21-14-7-9-18(23-4)16(20)11-14/h6-11,17H,5H2,1-4H3,(H,21,22)/t17-/m1/s1. The highest BCUT2D eigenvalue weighted by Crippen LogP contribution is 2.27. The third kappa shape index (κ3) is 4.42. The lowest BCUT2D eigenvalue weighted by atomic mass is 10.1. The maximum Gasteiger partial charge on any atom is 0.265 e. The molecule has 1 atom stereocenters. The molecule has 0 radical (unpaired) electrons. The average molecular weight is 348 g/mol. The molecule has 0 heterocycles. The molecule has 1 N–H and O–H groups in total. The van der Waals surface area contributed by atoms with Crippen LogP contribution in [0.5, 0.6) is 11.5 Å². The monoisotopic (exact) mass is 347 g/mol. The fraction of sp³-hybridized carbons (Fsp3) is 0.316. The highest BCUT2D eigenvalue weighted by atomic mass is 35.5. The highest BCUT2D eigenvalue weighted by molar-refractivity contribution is 6.32. The minimum absolute atomic E-state index is 0.211. The number of carbonyl (C=O) groups excluding carboxylic acids is 1. The molecule has 0 bridgehead atoms. The first-order valence-corrected chi connectivity index (χ1v) is 8.20. The Balaban J connectivity index is 2.08. The van der Waals surface area contributed by atoms with Crippen molar-refractivity contribution in [1.29, 1.82) is 0 Å². The van der Waals surface area contributed by atoms with Gasteiger partial charge in [-0.15, -0.1) is 0 Å². The van der Waals surface area contributed by atoms with Gasteiger partial charge >= 0.3 is 0 Å². The average Bonchev–Trinajstić information content (AvgIpc) is 2.56. The maximum absolute atomic E-state index is 12.5. The quantitative estimate of drug-likeness (QED) is 0.819. The Labute approximate surface area is 147 Å². The number of methoxy groups -OCH3 is 1. The molecule has 0 aliphatic carbocycles. The number of hydrogen-bond donors (Lipinski definition) is 1. The predicted octanol–water partition coefficient (Wildman–Crippen LogP) is 4.76. The summed E-state index contributed by atoms with van der Waals surface area (Å²) in [7, 11) is 1.55. The van der Waals surface area contributed by atoms with Gasteiger partial charge in [-0.2, -0.15) is 0 Å². The summed E-state index contributed by atoms with van der Waals surface area (Å²) >= 11 is 6.08. The van der Waals surface area contributed by atoms with Gasteiger partial charge in [0.15, 0.2) is 6.10 Å². The van der Waals surface area contributed by atoms with E-state index in [-0.39, 0.29) is 5.91 Å². The van der Waals surface area contributed by atoms with Gasteiger partial charge in [0.25, 0.3) is 5.91 Å². The Kier molecular flexibility index (Phi) is 6.10. The second kappa shape index (κ2) is 8.06. The van der Waals surface area contributed by atoms with E-state index in [0.29, 0.717) is 28.6 Å². The van der Waals surface area contributed by atoms with Gasteiger partial charge in [0.2, 0.25) is 0 Å². The molecular weight excluding hydrogens is 326 g/mol. The van der Waals surface area contributed by atoms with Crippen molar-refractivity contribution in [1.82, 2.24) is 0 Å². The third-order valence-corrected chi connectivity index (χ3v) is 4.13. The molecule has 0 saturated carbocycles. The van der Waals surface area contributed by atoms with E-state index in [1.165, 1.54) is 5.56 Å². The lowest BCUT2D eigenvalue weighted by molar-refractivity contribution is -0.122. The van der Waals surface area contributed by atoms with Crippen molar-refractivity contribution < 1.29 is 14.3 Å². The number of hydrogen-bond acceptors (Lipinski definition) is 3. The number of ether oxygens (including phenoxy) is 2. The molecule has 5 heteroatoms. The molecule has 0 aliphatic heterocycles. The summed E-state index contributed by atoms with van der Waals surface area (Å²) in [4.78, 5) is 12.5. The summed E-state index contributed by atoms with van der Waals surface area (Å²) in [5, 5.41) is 3.27. The van der Waals surface area contributed by atoms with Gasteiger partial charge in [-0.3, -0.25) is 4.79 Å². The van der Waals surface area contributed by atoms with Crippen LogP contribution in [0.3, 0.4) is 0 Å². The smallest absolute Gasteiger partial charge is 0.265 e. The number of rotatable bonds is 6. The van der Waals surface area contributed by atoms with Crippen molar-refractivity contribution in [2.45, 2.75) is 33.3 Å². The first-order valence-electron chi connectivity index (χ1n) is 7.83. The summed E-state index contributed by atoms with van der Waals surface area (Å²) in [6.45, 7) is 5.96. The predicted molar refractivity (Wildman–Crippen MR) is 97.3 cm³/mol. The normalized spacial score (nSPS) is 11.7. The number of amides is 1. The summed E-state index contributed by atoms with van der Waals surface area (Å²) < 4.78 is 10.9. The molecule has 1 amide bonds. The zero-order valence-electron chi connectivity index (χ0n) is 14.4. The van der Waals surface area contributed by atoms with Crippen LogP contribution in [0.15, 0.2) is 36.4 Å². The van der Waals surface area contributed by atoms with E-state index < -0.39 is 6.10 Å². The number of benzene rings is 2. The van der Waals surface area contributed by atoms with E-state index in [0.717, 1.165) is 5.56 Å². The topological polar surface area (TPSA) is 47.6 Å². The van der Waals surface area contributed by atoms with Crippen molar-refractivity contribution in [3.05, 3.63) is 52.5 Å². The molecular formula is C19H22ClNO3. The SMILES string of the molecule is CC[C@@H](Oc1ccc(C)c(C)c1)C(=O)Nc1ccc(OC)c(Cl)c1. The third-order valence-electron chi connectivity index (χ3n) is 3.84. The fourth-order valence-corrected chi connectivity index (χ4v) is 2.50. The van der Waals surface area contributed by atoms with Crippen LogP contribution in [0.25, 0.3) is 0 Å². The van der Waals surface area contributed by atoms with Crippen LogP contribution in [-0.2, 0) is 4.79 Å². The van der Waals surface area contributed by atoms with Gasteiger partial charge in [0.05, 0.1) is 12.1 Å². The first-order chi connectivity index (χ1) is 11.4. The molecule has 2 aromatic carbocycles. The number of nitrogens with one attached hydrogen (secondary N) is 1. The summed E-state index contributed by atoms with van der Waals surface area (Å²) in [5.41, 5.74) is 2.92. The zero-order chi connectivity index (χ0) is 17.7. The number of carbonyl (C=O) groups is 1. The summed E-state index contributed by atoms with van der Waals surface area (Å²) in [6, 6.07) is 10.9. The van der Waals surface area contributed by atoms with E-state index in [9.17, 15) is 4.79 Å². The molecule has 0 aromatic heterocycles. The molecule has 2 aromatic rings. The van der Waals surface area contributed by atoms with Gasteiger partial charge in [0, 0.05) is 5.69 Å². The fourth-order valence-electron chi connectivity index (χ4n) is 2.24. The van der Waals surface area contributed by atoms with E-state index in [1.807, 2.05) is 39.0 Å². The molecule has 4 nitrogen and oxygen atoms in total. The Morgan fingerprint density at radius 1 is 1.17 bits per heavy atom. The van der Waals surface area contributed by atoms with Gasteiger partial charge in [-0.1, -0.05) is 24.6 Å². The van der Waals surface area contributed by atoms with Crippen molar-refractivity contribution in [2.75, 3.05) is 12.4 Å². The van der Waals surface area contributed by atoms with Crippen LogP contribution in [0.4, 0.5) is 5.69 Å². The second-order valence-electron chi connectivity index (χ2n) is 5.60. The first kappa shape index (κ1) is 18.1. The van der Waals surface area contributed by atoms with Crippen LogP contribution < -0.4 is 14.8 Å². The van der Waals surface area contributed by atoms with Crippen LogP contribution >= 0.6 is 11.6 Å². The Morgan fingerprint density at radius 3 is 2.50 bits per heavy atom. The van der Waals surface area contributed by atoms with Gasteiger partial charge < -0.3 is 14.8 Å². The van der Waals surface area contributed by atoms with E-state index in [4.69, 9.17) is 21.1 Å². The van der Waals surface area contributed by atoms with Crippen molar-refractivity contribution in [3.63, 3.8) is 0 Å². The molecule has 0 unspecified atom stereocenters. The Hall–Kier alpha value is -2.20. The largest absolute Gasteiger partial charge is 0.495 e. The number of halogens is 1. The van der Waals surface area contributed by atoms with Crippen LogP contribution in [-0.4, -0.2) is 19.1 Å². The molecule has 24 heavy (non-hydrogen) atoms. The summed E-state index contributed by atoms with van der Waals surface area (Å²) in [5.74, 6) is 1.04. The van der Waals surface area contributed by atoms with Crippen LogP contribution in [0.2, 0.25) is 5.02 Å². The van der Waals surface area contributed by atoms with Crippen molar-refractivity contribution in [3.8, 4) is 11.5 Å².